The second-order valence-electron chi connectivity index (χ2n) is 3.87. The fraction of sp³-hybridized carbons (Fsp3) is 0.167. The molecule has 4 nitrogen and oxygen atoms in total. The summed E-state index contributed by atoms with van der Waals surface area (Å²) < 4.78 is 15.0. The van der Waals surface area contributed by atoms with Gasteiger partial charge in [-0.3, -0.25) is 9.48 Å². The monoisotopic (exact) mass is 267 g/mol. The van der Waals surface area contributed by atoms with Gasteiger partial charge < -0.3 is 5.32 Å². The van der Waals surface area contributed by atoms with Crippen LogP contribution in [0.1, 0.15) is 16.2 Å². The smallest absolute Gasteiger partial charge is 0.274 e. The normalized spacial score (nSPS) is 10.4. The van der Waals surface area contributed by atoms with Crippen LogP contribution in [-0.4, -0.2) is 15.7 Å². The summed E-state index contributed by atoms with van der Waals surface area (Å²) in [6, 6.07) is 5.70. The van der Waals surface area contributed by atoms with Gasteiger partial charge in [0, 0.05) is 12.1 Å². The number of hydrogen-bond donors (Lipinski definition) is 1. The Kier molecular flexibility index (Phi) is 3.34. The summed E-state index contributed by atoms with van der Waals surface area (Å²) in [6.45, 7) is 1.78. The topological polar surface area (TPSA) is 46.9 Å². The molecule has 1 aromatic heterocycles. The van der Waals surface area contributed by atoms with Crippen LogP contribution in [0.15, 0.2) is 24.3 Å². The molecule has 0 saturated carbocycles. The van der Waals surface area contributed by atoms with E-state index in [0.29, 0.717) is 5.69 Å². The second-order valence-corrected chi connectivity index (χ2v) is 4.31. The maximum Gasteiger partial charge on any atom is 0.274 e. The van der Waals surface area contributed by atoms with E-state index >= 15 is 0 Å². The first-order chi connectivity index (χ1) is 8.47. The van der Waals surface area contributed by atoms with E-state index in [1.165, 1.54) is 16.8 Å². The highest BCUT2D eigenvalue weighted by atomic mass is 35.5. The summed E-state index contributed by atoms with van der Waals surface area (Å²) >= 11 is 5.63. The van der Waals surface area contributed by atoms with Crippen molar-refractivity contribution in [3.8, 4) is 0 Å². The summed E-state index contributed by atoms with van der Waals surface area (Å²) in [5.41, 5.74) is 1.17. The van der Waals surface area contributed by atoms with Crippen molar-refractivity contribution in [3.05, 3.63) is 46.5 Å². The molecule has 0 aliphatic heterocycles. The third kappa shape index (κ3) is 2.51. The molecule has 0 aliphatic carbocycles. The molecule has 0 fully saturated rings. The van der Waals surface area contributed by atoms with Gasteiger partial charge in [0.25, 0.3) is 5.91 Å². The van der Waals surface area contributed by atoms with E-state index in [2.05, 4.69) is 10.4 Å². The van der Waals surface area contributed by atoms with E-state index in [-0.39, 0.29) is 10.7 Å². The van der Waals surface area contributed by atoms with Crippen LogP contribution in [-0.2, 0) is 7.05 Å². The molecule has 0 bridgehead atoms. The number of amides is 1. The minimum Gasteiger partial charge on any atom is -0.318 e. The number of nitrogens with one attached hydrogen (secondary N) is 1. The number of benzene rings is 1. The molecule has 1 aromatic carbocycles. The Balaban J connectivity index is 2.24. The number of hydrogen-bond acceptors (Lipinski definition) is 2. The van der Waals surface area contributed by atoms with E-state index < -0.39 is 11.7 Å². The van der Waals surface area contributed by atoms with Crippen LogP contribution in [0.4, 0.5) is 10.1 Å². The molecule has 1 heterocycles. The highest BCUT2D eigenvalue weighted by Gasteiger charge is 2.13. The van der Waals surface area contributed by atoms with Crippen LogP contribution in [0, 0.1) is 12.7 Å². The summed E-state index contributed by atoms with van der Waals surface area (Å²) in [7, 11) is 1.65. The van der Waals surface area contributed by atoms with E-state index in [1.807, 2.05) is 0 Å². The van der Waals surface area contributed by atoms with Gasteiger partial charge in [-0.15, -0.1) is 0 Å². The lowest BCUT2D eigenvalue weighted by atomic mass is 10.3. The minimum atomic E-state index is -0.574. The fourth-order valence-corrected chi connectivity index (χ4v) is 1.76. The molecule has 0 radical (unpaired) electrons. The van der Waals surface area contributed by atoms with E-state index in [9.17, 15) is 9.18 Å². The van der Waals surface area contributed by atoms with Gasteiger partial charge in [-0.2, -0.15) is 5.10 Å². The molecule has 0 unspecified atom stereocenters. The number of carbonyl (C=O) groups excluding carboxylic acids is 1. The van der Waals surface area contributed by atoms with Crippen molar-refractivity contribution in [3.63, 3.8) is 0 Å². The molecule has 1 amide bonds. The Hall–Kier alpha value is -1.88. The van der Waals surface area contributed by atoms with E-state index in [4.69, 9.17) is 11.6 Å². The molecule has 2 aromatic rings. The van der Waals surface area contributed by atoms with Gasteiger partial charge in [-0.1, -0.05) is 11.6 Å². The molecule has 0 aliphatic rings. The Morgan fingerprint density at radius 1 is 1.44 bits per heavy atom. The second kappa shape index (κ2) is 4.78. The molecule has 6 heteroatoms. The molecular formula is C12H11ClFN3O. The fourth-order valence-electron chi connectivity index (χ4n) is 1.60. The third-order valence-electron chi connectivity index (χ3n) is 2.41. The van der Waals surface area contributed by atoms with E-state index in [0.717, 1.165) is 11.8 Å². The zero-order valence-electron chi connectivity index (χ0n) is 9.87. The summed E-state index contributed by atoms with van der Waals surface area (Å²) in [6.07, 6.45) is 0. The Bertz CT molecular complexity index is 609. The SMILES string of the molecule is Cc1cc(C(=O)Nc2ccc(Cl)cc2F)n(C)n1. The van der Waals surface area contributed by atoms with Crippen LogP contribution in [0.5, 0.6) is 0 Å². The van der Waals surface area contributed by atoms with Crippen molar-refractivity contribution in [2.24, 2.45) is 7.05 Å². The van der Waals surface area contributed by atoms with Gasteiger partial charge in [-0.25, -0.2) is 4.39 Å². The number of rotatable bonds is 2. The molecule has 0 spiro atoms. The molecule has 1 N–H and O–H groups in total. The van der Waals surface area contributed by atoms with Gasteiger partial charge in [0.15, 0.2) is 0 Å². The molecule has 18 heavy (non-hydrogen) atoms. The van der Waals surface area contributed by atoms with Crippen LogP contribution in [0.2, 0.25) is 5.02 Å². The zero-order chi connectivity index (χ0) is 13.3. The number of anilines is 1. The Morgan fingerprint density at radius 2 is 2.17 bits per heavy atom. The van der Waals surface area contributed by atoms with Crippen LogP contribution < -0.4 is 5.32 Å². The van der Waals surface area contributed by atoms with Crippen molar-refractivity contribution >= 4 is 23.2 Å². The highest BCUT2D eigenvalue weighted by molar-refractivity contribution is 6.30. The first kappa shape index (κ1) is 12.6. The minimum absolute atomic E-state index is 0.0863. The average molecular weight is 268 g/mol. The first-order valence-electron chi connectivity index (χ1n) is 5.24. The lowest BCUT2D eigenvalue weighted by Crippen LogP contribution is -2.16. The van der Waals surface area contributed by atoms with Crippen LogP contribution in [0.3, 0.4) is 0 Å². The standard InChI is InChI=1S/C12H11ClFN3O/c1-7-5-11(17(2)16-7)12(18)15-10-4-3-8(13)6-9(10)14/h3-6H,1-2H3,(H,15,18). The number of nitrogens with zero attached hydrogens (tertiary/aromatic N) is 2. The lowest BCUT2D eigenvalue weighted by Gasteiger charge is -2.06. The van der Waals surface area contributed by atoms with Crippen molar-refractivity contribution in [2.45, 2.75) is 6.92 Å². The largest absolute Gasteiger partial charge is 0.318 e. The van der Waals surface area contributed by atoms with Crippen LogP contribution in [0.25, 0.3) is 0 Å². The summed E-state index contributed by atoms with van der Waals surface area (Å²) in [4.78, 5) is 11.9. The zero-order valence-corrected chi connectivity index (χ0v) is 10.6. The van der Waals surface area contributed by atoms with Crippen molar-refractivity contribution < 1.29 is 9.18 Å². The summed E-state index contributed by atoms with van der Waals surface area (Å²) in [5, 5.41) is 6.81. The van der Waals surface area contributed by atoms with Crippen molar-refractivity contribution in [1.29, 1.82) is 0 Å². The number of aryl methyl sites for hydroxylation is 2. The van der Waals surface area contributed by atoms with Gasteiger partial charge in [0.2, 0.25) is 0 Å². The number of aromatic nitrogens is 2. The van der Waals surface area contributed by atoms with Gasteiger partial charge in [0.1, 0.15) is 11.5 Å². The van der Waals surface area contributed by atoms with Gasteiger partial charge in [-0.05, 0) is 31.2 Å². The average Bonchev–Trinajstić information content (AvgIpc) is 2.62. The summed E-state index contributed by atoms with van der Waals surface area (Å²) in [5.74, 6) is -0.992. The predicted molar refractivity (Wildman–Crippen MR) is 67.3 cm³/mol. The maximum absolute atomic E-state index is 13.5. The third-order valence-corrected chi connectivity index (χ3v) is 2.65. The highest BCUT2D eigenvalue weighted by Crippen LogP contribution is 2.19. The van der Waals surface area contributed by atoms with Gasteiger partial charge in [0.05, 0.1) is 11.4 Å². The number of carbonyl (C=O) groups is 1. The molecular weight excluding hydrogens is 257 g/mol. The maximum atomic E-state index is 13.5. The lowest BCUT2D eigenvalue weighted by molar-refractivity contribution is 0.101. The van der Waals surface area contributed by atoms with Gasteiger partial charge >= 0.3 is 0 Å². The quantitative estimate of drug-likeness (QED) is 0.909. The first-order valence-corrected chi connectivity index (χ1v) is 5.62. The number of halogens is 2. The molecule has 94 valence electrons. The molecule has 0 saturated heterocycles. The molecule has 2 rings (SSSR count). The van der Waals surface area contributed by atoms with Crippen molar-refractivity contribution in [2.75, 3.05) is 5.32 Å². The Labute approximate surface area is 108 Å². The van der Waals surface area contributed by atoms with E-state index in [1.54, 1.807) is 20.0 Å². The van der Waals surface area contributed by atoms with Crippen molar-refractivity contribution in [1.82, 2.24) is 9.78 Å². The molecule has 0 atom stereocenters. The van der Waals surface area contributed by atoms with Crippen LogP contribution >= 0.6 is 11.6 Å². The predicted octanol–water partition coefficient (Wildman–Crippen LogP) is 2.77. The Morgan fingerprint density at radius 3 is 2.72 bits per heavy atom.